The zero-order valence-corrected chi connectivity index (χ0v) is 10.2. The van der Waals surface area contributed by atoms with E-state index in [1.165, 1.54) is 12.1 Å². The summed E-state index contributed by atoms with van der Waals surface area (Å²) in [5.74, 6) is 0.231. The van der Waals surface area contributed by atoms with Crippen molar-refractivity contribution in [2.75, 3.05) is 11.9 Å². The van der Waals surface area contributed by atoms with Crippen molar-refractivity contribution in [1.29, 1.82) is 0 Å². The van der Waals surface area contributed by atoms with Crippen LogP contribution in [0.5, 0.6) is 0 Å². The molecule has 0 aromatic carbocycles. The van der Waals surface area contributed by atoms with Crippen LogP contribution >= 0.6 is 0 Å². The molecule has 1 aliphatic rings. The minimum atomic E-state index is -4.45. The van der Waals surface area contributed by atoms with Crippen molar-refractivity contribution < 1.29 is 18.3 Å². The zero-order chi connectivity index (χ0) is 13.6. The Kier molecular flexibility index (Phi) is 3.01. The van der Waals surface area contributed by atoms with Gasteiger partial charge < -0.3 is 10.0 Å². The van der Waals surface area contributed by atoms with Crippen molar-refractivity contribution in [3.8, 4) is 0 Å². The second-order valence-electron chi connectivity index (χ2n) is 4.90. The summed E-state index contributed by atoms with van der Waals surface area (Å²) >= 11 is 0. The molecule has 0 saturated heterocycles. The van der Waals surface area contributed by atoms with E-state index in [2.05, 4.69) is 4.98 Å². The van der Waals surface area contributed by atoms with Crippen molar-refractivity contribution in [2.24, 2.45) is 0 Å². The molecule has 1 heterocycles. The van der Waals surface area contributed by atoms with Crippen molar-refractivity contribution >= 4 is 5.82 Å². The summed E-state index contributed by atoms with van der Waals surface area (Å²) in [7, 11) is 1.65. The van der Waals surface area contributed by atoms with E-state index in [1.807, 2.05) is 0 Å². The largest absolute Gasteiger partial charge is 0.433 e. The lowest BCUT2D eigenvalue weighted by Crippen LogP contribution is -2.57. The zero-order valence-electron chi connectivity index (χ0n) is 10.2. The van der Waals surface area contributed by atoms with E-state index in [-0.39, 0.29) is 11.9 Å². The number of aliphatic hydroxyl groups is 1. The molecule has 0 bridgehead atoms. The van der Waals surface area contributed by atoms with Gasteiger partial charge in [0.2, 0.25) is 0 Å². The van der Waals surface area contributed by atoms with Gasteiger partial charge in [0.25, 0.3) is 0 Å². The maximum absolute atomic E-state index is 12.5. The number of nitrogens with zero attached hydrogens (tertiary/aromatic N) is 2. The Morgan fingerprint density at radius 3 is 2.56 bits per heavy atom. The highest BCUT2D eigenvalue weighted by molar-refractivity contribution is 5.42. The first kappa shape index (κ1) is 13.1. The molecule has 0 unspecified atom stereocenters. The second kappa shape index (κ2) is 4.12. The van der Waals surface area contributed by atoms with Crippen LogP contribution in [0.3, 0.4) is 0 Å². The fourth-order valence-electron chi connectivity index (χ4n) is 2.24. The molecule has 0 radical (unpaired) electrons. The maximum Gasteiger partial charge on any atom is 0.433 e. The lowest BCUT2D eigenvalue weighted by atomic mass is 9.75. The lowest BCUT2D eigenvalue weighted by Gasteiger charge is -2.48. The van der Waals surface area contributed by atoms with Gasteiger partial charge >= 0.3 is 6.18 Å². The summed E-state index contributed by atoms with van der Waals surface area (Å²) in [6, 6.07) is 3.60. The van der Waals surface area contributed by atoms with Crippen molar-refractivity contribution in [3.63, 3.8) is 0 Å². The summed E-state index contributed by atoms with van der Waals surface area (Å²) in [5, 5.41) is 9.94. The van der Waals surface area contributed by atoms with E-state index in [4.69, 9.17) is 0 Å². The number of alkyl halides is 3. The van der Waals surface area contributed by atoms with Gasteiger partial charge in [0.15, 0.2) is 0 Å². The van der Waals surface area contributed by atoms with Gasteiger partial charge in [-0.1, -0.05) is 6.07 Å². The van der Waals surface area contributed by atoms with Crippen molar-refractivity contribution in [2.45, 2.75) is 37.6 Å². The lowest BCUT2D eigenvalue weighted by molar-refractivity contribution is -0.141. The molecule has 6 heteroatoms. The Bertz CT molecular complexity index is 445. The Balaban J connectivity index is 2.24. The van der Waals surface area contributed by atoms with Crippen LogP contribution in [0.1, 0.15) is 25.5 Å². The first-order valence-electron chi connectivity index (χ1n) is 5.71. The summed E-state index contributed by atoms with van der Waals surface area (Å²) < 4.78 is 37.6. The van der Waals surface area contributed by atoms with Gasteiger partial charge in [-0.15, -0.1) is 0 Å². The average molecular weight is 260 g/mol. The van der Waals surface area contributed by atoms with Gasteiger partial charge in [-0.05, 0) is 31.9 Å². The van der Waals surface area contributed by atoms with Gasteiger partial charge in [0.1, 0.15) is 11.5 Å². The number of hydrogen-bond acceptors (Lipinski definition) is 3. The first-order chi connectivity index (χ1) is 8.22. The van der Waals surface area contributed by atoms with Crippen LogP contribution in [-0.4, -0.2) is 28.8 Å². The monoisotopic (exact) mass is 260 g/mol. The van der Waals surface area contributed by atoms with Crippen LogP contribution in [0.15, 0.2) is 18.2 Å². The van der Waals surface area contributed by atoms with Gasteiger partial charge in [-0.3, -0.25) is 0 Å². The third-order valence-corrected chi connectivity index (χ3v) is 3.50. The minimum absolute atomic E-state index is 0.187. The number of likely N-dealkylation sites (N-methyl/N-ethyl adjacent to an activating group) is 1. The SMILES string of the molecule is CN(c1cccc(C(F)(F)F)n1)[C@@H]1CC[C@@]1(C)O. The molecule has 100 valence electrons. The predicted molar refractivity (Wildman–Crippen MR) is 61.3 cm³/mol. The van der Waals surface area contributed by atoms with E-state index < -0.39 is 17.5 Å². The number of hydrogen-bond donors (Lipinski definition) is 1. The fraction of sp³-hybridized carbons (Fsp3) is 0.583. The molecule has 0 amide bonds. The molecule has 3 nitrogen and oxygen atoms in total. The summed E-state index contributed by atoms with van der Waals surface area (Å²) in [6.45, 7) is 1.69. The normalized spacial score (nSPS) is 27.8. The highest BCUT2D eigenvalue weighted by Gasteiger charge is 2.44. The summed E-state index contributed by atoms with van der Waals surface area (Å²) in [5.41, 5.74) is -1.77. The molecule has 18 heavy (non-hydrogen) atoms. The summed E-state index contributed by atoms with van der Waals surface area (Å²) in [4.78, 5) is 5.21. The Hall–Kier alpha value is -1.30. The van der Waals surface area contributed by atoms with Crippen LogP contribution in [0.25, 0.3) is 0 Å². The van der Waals surface area contributed by atoms with Crippen LogP contribution in [0, 0.1) is 0 Å². The average Bonchev–Trinajstić information content (AvgIpc) is 2.27. The van der Waals surface area contributed by atoms with Crippen LogP contribution in [0.4, 0.5) is 19.0 Å². The van der Waals surface area contributed by atoms with E-state index in [0.29, 0.717) is 6.42 Å². The molecule has 2 atom stereocenters. The number of anilines is 1. The third kappa shape index (κ3) is 2.29. The topological polar surface area (TPSA) is 36.4 Å². The van der Waals surface area contributed by atoms with Gasteiger partial charge in [0.05, 0.1) is 11.6 Å². The minimum Gasteiger partial charge on any atom is -0.388 e. The number of halogens is 3. The van der Waals surface area contributed by atoms with E-state index in [9.17, 15) is 18.3 Å². The summed E-state index contributed by atoms with van der Waals surface area (Å²) in [6.07, 6.45) is -3.04. The Morgan fingerprint density at radius 2 is 2.11 bits per heavy atom. The third-order valence-electron chi connectivity index (χ3n) is 3.50. The standard InChI is InChI=1S/C12H15F3N2O/c1-11(18)7-6-9(11)17(2)10-5-3-4-8(16-10)12(13,14)15/h3-5,9,18H,6-7H2,1-2H3/t9-,11-/m1/s1. The highest BCUT2D eigenvalue weighted by atomic mass is 19.4. The van der Waals surface area contributed by atoms with Crippen LogP contribution < -0.4 is 4.90 Å². The number of aromatic nitrogens is 1. The highest BCUT2D eigenvalue weighted by Crippen LogP contribution is 2.37. The Labute approximate surface area is 103 Å². The van der Waals surface area contributed by atoms with Crippen LogP contribution in [0.2, 0.25) is 0 Å². The maximum atomic E-state index is 12.5. The molecular weight excluding hydrogens is 245 g/mol. The molecule has 2 rings (SSSR count). The number of pyridine rings is 1. The predicted octanol–water partition coefficient (Wildman–Crippen LogP) is 2.45. The first-order valence-corrected chi connectivity index (χ1v) is 5.71. The smallest absolute Gasteiger partial charge is 0.388 e. The van der Waals surface area contributed by atoms with Crippen LogP contribution in [-0.2, 0) is 6.18 Å². The number of rotatable bonds is 2. The van der Waals surface area contributed by atoms with E-state index >= 15 is 0 Å². The van der Waals surface area contributed by atoms with Gasteiger partial charge in [-0.25, -0.2) is 4.98 Å². The second-order valence-corrected chi connectivity index (χ2v) is 4.90. The van der Waals surface area contributed by atoms with E-state index in [1.54, 1.807) is 18.9 Å². The molecular formula is C12H15F3N2O. The molecule has 1 aromatic rings. The van der Waals surface area contributed by atoms with Gasteiger partial charge in [0, 0.05) is 7.05 Å². The van der Waals surface area contributed by atoms with Crippen molar-refractivity contribution in [1.82, 2.24) is 4.98 Å². The molecule has 1 saturated carbocycles. The molecule has 1 aliphatic carbocycles. The fourth-order valence-corrected chi connectivity index (χ4v) is 2.24. The van der Waals surface area contributed by atoms with Gasteiger partial charge in [-0.2, -0.15) is 13.2 Å². The molecule has 0 spiro atoms. The molecule has 1 aromatic heterocycles. The quantitative estimate of drug-likeness (QED) is 0.887. The Morgan fingerprint density at radius 1 is 1.44 bits per heavy atom. The molecule has 1 fully saturated rings. The van der Waals surface area contributed by atoms with Crippen molar-refractivity contribution in [3.05, 3.63) is 23.9 Å². The van der Waals surface area contributed by atoms with E-state index in [0.717, 1.165) is 12.5 Å². The molecule has 1 N–H and O–H groups in total. The molecule has 0 aliphatic heterocycles.